The van der Waals surface area contributed by atoms with E-state index in [9.17, 15) is 13.2 Å². The van der Waals surface area contributed by atoms with Gasteiger partial charge in [0.2, 0.25) is 0 Å². The SMILES string of the molecule is C[C@@H]1CCCN(S(=O)(=O)N2CCCC[C@@H]2[C@H](C)NC(=O)OC(C)(C)C)C1. The smallest absolute Gasteiger partial charge is 0.407 e. The number of amides is 1. The van der Waals surface area contributed by atoms with Crippen LogP contribution in [0.5, 0.6) is 0 Å². The number of carbonyl (C=O) groups is 1. The fourth-order valence-corrected chi connectivity index (χ4v) is 5.90. The lowest BCUT2D eigenvalue weighted by Crippen LogP contribution is -2.58. The zero-order chi connectivity index (χ0) is 19.5. The summed E-state index contributed by atoms with van der Waals surface area (Å²) < 4.78 is 35.0. The van der Waals surface area contributed by atoms with E-state index in [-0.39, 0.29) is 12.1 Å². The van der Waals surface area contributed by atoms with Crippen molar-refractivity contribution in [2.24, 2.45) is 5.92 Å². The molecule has 0 aromatic rings. The molecule has 0 saturated carbocycles. The number of piperidine rings is 2. The molecule has 3 atom stereocenters. The normalized spacial score (nSPS) is 27.7. The Hall–Kier alpha value is -0.860. The molecule has 26 heavy (non-hydrogen) atoms. The third kappa shape index (κ3) is 5.57. The molecule has 8 heteroatoms. The van der Waals surface area contributed by atoms with E-state index in [4.69, 9.17) is 4.74 Å². The van der Waals surface area contributed by atoms with Crippen molar-refractivity contribution in [1.29, 1.82) is 0 Å². The Morgan fingerprint density at radius 1 is 1.15 bits per heavy atom. The Bertz CT molecular complexity index is 588. The monoisotopic (exact) mass is 389 g/mol. The van der Waals surface area contributed by atoms with Gasteiger partial charge < -0.3 is 10.1 Å². The highest BCUT2D eigenvalue weighted by atomic mass is 32.2. The maximum Gasteiger partial charge on any atom is 0.407 e. The molecule has 0 bridgehead atoms. The summed E-state index contributed by atoms with van der Waals surface area (Å²) in [7, 11) is -3.51. The predicted octanol–water partition coefficient (Wildman–Crippen LogP) is 2.73. The molecular weight excluding hydrogens is 354 g/mol. The van der Waals surface area contributed by atoms with Crippen molar-refractivity contribution in [2.45, 2.75) is 84.4 Å². The van der Waals surface area contributed by atoms with Crippen LogP contribution < -0.4 is 5.32 Å². The van der Waals surface area contributed by atoms with Crippen LogP contribution in [-0.4, -0.2) is 60.4 Å². The van der Waals surface area contributed by atoms with Crippen LogP contribution in [0.3, 0.4) is 0 Å². The molecule has 2 rings (SSSR count). The van der Waals surface area contributed by atoms with Crippen molar-refractivity contribution in [3.63, 3.8) is 0 Å². The summed E-state index contributed by atoms with van der Waals surface area (Å²) in [5.74, 6) is 0.388. The minimum absolute atomic E-state index is 0.237. The third-order valence-electron chi connectivity index (χ3n) is 5.06. The minimum atomic E-state index is -3.51. The minimum Gasteiger partial charge on any atom is -0.444 e. The molecule has 0 aromatic carbocycles. The highest BCUT2D eigenvalue weighted by molar-refractivity contribution is 7.86. The van der Waals surface area contributed by atoms with Crippen LogP contribution in [0.15, 0.2) is 0 Å². The average molecular weight is 390 g/mol. The Morgan fingerprint density at radius 2 is 1.85 bits per heavy atom. The number of hydrogen-bond donors (Lipinski definition) is 1. The maximum absolute atomic E-state index is 13.2. The van der Waals surface area contributed by atoms with Gasteiger partial charge in [0, 0.05) is 31.7 Å². The lowest BCUT2D eigenvalue weighted by atomic mass is 9.99. The summed E-state index contributed by atoms with van der Waals surface area (Å²) in [4.78, 5) is 12.1. The third-order valence-corrected chi connectivity index (χ3v) is 7.09. The number of nitrogens with one attached hydrogen (secondary N) is 1. The van der Waals surface area contributed by atoms with Gasteiger partial charge in [0.25, 0.3) is 10.2 Å². The van der Waals surface area contributed by atoms with Crippen molar-refractivity contribution < 1.29 is 17.9 Å². The van der Waals surface area contributed by atoms with E-state index in [1.165, 1.54) is 0 Å². The number of hydrogen-bond acceptors (Lipinski definition) is 4. The number of carbonyl (C=O) groups excluding carboxylic acids is 1. The highest BCUT2D eigenvalue weighted by Gasteiger charge is 2.40. The molecule has 2 fully saturated rings. The second-order valence-electron chi connectivity index (χ2n) is 8.72. The summed E-state index contributed by atoms with van der Waals surface area (Å²) in [5, 5.41) is 2.83. The summed E-state index contributed by atoms with van der Waals surface area (Å²) in [5.41, 5.74) is -0.577. The predicted molar refractivity (Wildman–Crippen MR) is 102 cm³/mol. The Kier molecular flexibility index (Phi) is 6.96. The summed E-state index contributed by atoms with van der Waals surface area (Å²) in [6.45, 7) is 11.1. The number of alkyl carbamates (subject to hydrolysis) is 1. The van der Waals surface area contributed by atoms with Crippen LogP contribution >= 0.6 is 0 Å². The van der Waals surface area contributed by atoms with Gasteiger partial charge in [-0.25, -0.2) is 4.79 Å². The number of rotatable bonds is 4. The molecule has 0 unspecified atom stereocenters. The van der Waals surface area contributed by atoms with Crippen LogP contribution in [0.2, 0.25) is 0 Å². The first-order valence-electron chi connectivity index (χ1n) is 9.77. The van der Waals surface area contributed by atoms with Gasteiger partial charge >= 0.3 is 6.09 Å². The van der Waals surface area contributed by atoms with E-state index in [0.29, 0.717) is 25.6 Å². The van der Waals surface area contributed by atoms with Gasteiger partial charge in [0.1, 0.15) is 5.60 Å². The summed E-state index contributed by atoms with van der Waals surface area (Å²) in [6, 6.07) is -0.541. The molecule has 2 saturated heterocycles. The molecular formula is C18H35N3O4S. The Labute approximate surface area is 158 Å². The van der Waals surface area contributed by atoms with Gasteiger partial charge in [0.15, 0.2) is 0 Å². The van der Waals surface area contributed by atoms with Crippen LogP contribution in [0, 0.1) is 5.92 Å². The second kappa shape index (κ2) is 8.44. The topological polar surface area (TPSA) is 79.0 Å². The first-order chi connectivity index (χ1) is 12.0. The molecule has 2 aliphatic rings. The van der Waals surface area contributed by atoms with Gasteiger partial charge in [0.05, 0.1) is 0 Å². The molecule has 0 aromatic heterocycles. The zero-order valence-electron chi connectivity index (χ0n) is 16.8. The quantitative estimate of drug-likeness (QED) is 0.802. The molecule has 0 radical (unpaired) electrons. The lowest BCUT2D eigenvalue weighted by molar-refractivity contribution is 0.0476. The molecule has 1 amide bonds. The van der Waals surface area contributed by atoms with Gasteiger partial charge in [-0.15, -0.1) is 0 Å². The Morgan fingerprint density at radius 3 is 2.46 bits per heavy atom. The first-order valence-corrected chi connectivity index (χ1v) is 11.2. The summed E-state index contributed by atoms with van der Waals surface area (Å²) in [6.07, 6.45) is 4.06. The van der Waals surface area contributed by atoms with Crippen molar-refractivity contribution >= 4 is 16.3 Å². The standard InChI is InChI=1S/C18H35N3O4S/c1-14-9-8-11-20(13-14)26(23,24)21-12-7-6-10-16(21)15(2)19-17(22)25-18(3,4)5/h14-16H,6-13H2,1-5H3,(H,19,22)/t14-,15+,16-/m1/s1. The van der Waals surface area contributed by atoms with Gasteiger partial charge in [-0.1, -0.05) is 13.3 Å². The fourth-order valence-electron chi connectivity index (χ4n) is 3.81. The van der Waals surface area contributed by atoms with Crippen LogP contribution in [-0.2, 0) is 14.9 Å². The van der Waals surface area contributed by atoms with E-state index in [0.717, 1.165) is 32.1 Å². The molecule has 152 valence electrons. The van der Waals surface area contributed by atoms with Crippen molar-refractivity contribution in [3.8, 4) is 0 Å². The molecule has 2 heterocycles. The van der Waals surface area contributed by atoms with Crippen LogP contribution in [0.4, 0.5) is 4.79 Å². The first kappa shape index (κ1) is 21.4. The van der Waals surface area contributed by atoms with Crippen molar-refractivity contribution in [1.82, 2.24) is 13.9 Å². The van der Waals surface area contributed by atoms with Crippen LogP contribution in [0.25, 0.3) is 0 Å². The largest absolute Gasteiger partial charge is 0.444 e. The maximum atomic E-state index is 13.2. The molecule has 1 N–H and O–H groups in total. The lowest BCUT2D eigenvalue weighted by Gasteiger charge is -2.42. The summed E-state index contributed by atoms with van der Waals surface area (Å²) >= 11 is 0. The van der Waals surface area contributed by atoms with E-state index in [2.05, 4.69) is 12.2 Å². The molecule has 0 aliphatic carbocycles. The van der Waals surface area contributed by atoms with Gasteiger partial charge in [-0.05, 0) is 59.3 Å². The molecule has 0 spiro atoms. The molecule has 2 aliphatic heterocycles. The Balaban J connectivity index is 2.09. The van der Waals surface area contributed by atoms with E-state index in [1.807, 2.05) is 27.7 Å². The van der Waals surface area contributed by atoms with Crippen molar-refractivity contribution in [2.75, 3.05) is 19.6 Å². The van der Waals surface area contributed by atoms with Gasteiger partial charge in [-0.2, -0.15) is 17.0 Å². The van der Waals surface area contributed by atoms with E-state index >= 15 is 0 Å². The average Bonchev–Trinajstić information content (AvgIpc) is 2.53. The van der Waals surface area contributed by atoms with Crippen molar-refractivity contribution in [3.05, 3.63) is 0 Å². The van der Waals surface area contributed by atoms with Crippen LogP contribution in [0.1, 0.15) is 66.7 Å². The number of nitrogens with zero attached hydrogens (tertiary/aromatic N) is 2. The van der Waals surface area contributed by atoms with Gasteiger partial charge in [-0.3, -0.25) is 0 Å². The zero-order valence-corrected chi connectivity index (χ0v) is 17.6. The molecule has 7 nitrogen and oxygen atoms in total. The number of ether oxygens (including phenoxy) is 1. The van der Waals surface area contributed by atoms with E-state index < -0.39 is 21.9 Å². The highest BCUT2D eigenvalue weighted by Crippen LogP contribution is 2.28. The fraction of sp³-hybridized carbons (Fsp3) is 0.944. The second-order valence-corrected chi connectivity index (χ2v) is 10.6. The van der Waals surface area contributed by atoms with E-state index in [1.54, 1.807) is 8.61 Å².